The highest BCUT2D eigenvalue weighted by Crippen LogP contribution is 2.28. The Morgan fingerprint density at radius 1 is 1.38 bits per heavy atom. The summed E-state index contributed by atoms with van der Waals surface area (Å²) in [6.07, 6.45) is 8.52. The van der Waals surface area contributed by atoms with Gasteiger partial charge in [-0.1, -0.05) is 33.1 Å². The highest BCUT2D eigenvalue weighted by Gasteiger charge is 2.21. The Morgan fingerprint density at radius 3 is 2.86 bits per heavy atom. The maximum atomic E-state index is 4.43. The minimum absolute atomic E-state index is 0.755. The normalized spacial score (nSPS) is 23.1. The van der Waals surface area contributed by atoms with Crippen LogP contribution < -0.4 is 10.6 Å². The van der Waals surface area contributed by atoms with Gasteiger partial charge in [-0.15, -0.1) is 11.3 Å². The predicted octanol–water partition coefficient (Wildman–Crippen LogP) is 3.20. The molecule has 2 atom stereocenters. The second-order valence-corrected chi connectivity index (χ2v) is 7.10. The largest absolute Gasteiger partial charge is 0.356 e. The first-order valence-electron chi connectivity index (χ1n) is 8.11. The zero-order valence-corrected chi connectivity index (χ0v) is 14.3. The summed E-state index contributed by atoms with van der Waals surface area (Å²) in [6, 6.07) is 0. The Hall–Kier alpha value is -1.10. The van der Waals surface area contributed by atoms with Crippen molar-refractivity contribution in [2.45, 2.75) is 52.5 Å². The van der Waals surface area contributed by atoms with Crippen molar-refractivity contribution >= 4 is 17.3 Å². The van der Waals surface area contributed by atoms with Gasteiger partial charge in [0.25, 0.3) is 0 Å². The number of nitrogens with one attached hydrogen (secondary N) is 2. The lowest BCUT2D eigenvalue weighted by molar-refractivity contribution is 0.256. The third-order valence-corrected chi connectivity index (χ3v) is 5.54. The van der Waals surface area contributed by atoms with Gasteiger partial charge in [0.05, 0.1) is 6.54 Å². The molecule has 0 spiro atoms. The molecule has 1 aromatic heterocycles. The number of rotatable bonds is 5. The van der Waals surface area contributed by atoms with Crippen LogP contribution in [0.25, 0.3) is 0 Å². The fourth-order valence-corrected chi connectivity index (χ4v) is 3.70. The van der Waals surface area contributed by atoms with Crippen LogP contribution in [0.5, 0.6) is 0 Å². The number of aryl methyl sites for hydroxylation is 1. The average molecular weight is 308 g/mol. The number of guanidine groups is 1. The second kappa shape index (κ2) is 8.37. The van der Waals surface area contributed by atoms with Crippen molar-refractivity contribution in [2.75, 3.05) is 13.6 Å². The van der Waals surface area contributed by atoms with E-state index >= 15 is 0 Å². The summed E-state index contributed by atoms with van der Waals surface area (Å²) < 4.78 is 0. The molecule has 2 N–H and O–H groups in total. The average Bonchev–Trinajstić information content (AvgIpc) is 2.97. The number of aliphatic imine (C=N–C) groups is 1. The zero-order valence-electron chi connectivity index (χ0n) is 13.5. The Balaban J connectivity index is 1.75. The molecule has 1 aromatic rings. The first-order chi connectivity index (χ1) is 10.2. The van der Waals surface area contributed by atoms with E-state index in [1.807, 2.05) is 13.2 Å². The van der Waals surface area contributed by atoms with Gasteiger partial charge in [0.2, 0.25) is 0 Å². The van der Waals surface area contributed by atoms with Crippen LogP contribution in [0, 0.1) is 11.8 Å². The lowest BCUT2D eigenvalue weighted by Crippen LogP contribution is -2.41. The summed E-state index contributed by atoms with van der Waals surface area (Å²) in [4.78, 5) is 10.1. The molecule has 0 saturated heterocycles. The number of aromatic nitrogens is 1. The molecule has 1 saturated carbocycles. The van der Waals surface area contributed by atoms with Gasteiger partial charge >= 0.3 is 0 Å². The van der Waals surface area contributed by atoms with Crippen molar-refractivity contribution in [3.05, 3.63) is 16.1 Å². The molecule has 2 rings (SSSR count). The molecule has 0 aliphatic heterocycles. The molecule has 1 aliphatic rings. The maximum Gasteiger partial charge on any atom is 0.191 e. The van der Waals surface area contributed by atoms with Crippen LogP contribution in [-0.2, 0) is 13.0 Å². The van der Waals surface area contributed by atoms with E-state index in [2.05, 4.69) is 34.5 Å². The zero-order chi connectivity index (χ0) is 15.1. The van der Waals surface area contributed by atoms with Crippen LogP contribution in [0.3, 0.4) is 0 Å². The number of hydrogen-bond acceptors (Lipinski definition) is 3. The van der Waals surface area contributed by atoms with Crippen LogP contribution in [0.2, 0.25) is 0 Å². The summed E-state index contributed by atoms with van der Waals surface area (Å²) in [5.74, 6) is 2.50. The van der Waals surface area contributed by atoms with Crippen molar-refractivity contribution in [3.63, 3.8) is 0 Å². The fraction of sp³-hybridized carbons (Fsp3) is 0.750. The molecule has 0 bridgehead atoms. The summed E-state index contributed by atoms with van der Waals surface area (Å²) >= 11 is 1.78. The van der Waals surface area contributed by atoms with E-state index < -0.39 is 0 Å². The van der Waals surface area contributed by atoms with Gasteiger partial charge in [-0.2, -0.15) is 0 Å². The fourth-order valence-electron chi connectivity index (χ4n) is 2.90. The Morgan fingerprint density at radius 2 is 2.19 bits per heavy atom. The molecule has 118 valence electrons. The predicted molar refractivity (Wildman–Crippen MR) is 90.8 cm³/mol. The third kappa shape index (κ3) is 4.99. The molecule has 2 unspecified atom stereocenters. The van der Waals surface area contributed by atoms with Gasteiger partial charge in [-0.3, -0.25) is 4.99 Å². The lowest BCUT2D eigenvalue weighted by Gasteiger charge is -2.29. The minimum Gasteiger partial charge on any atom is -0.356 e. The van der Waals surface area contributed by atoms with Crippen LogP contribution >= 0.6 is 11.3 Å². The van der Waals surface area contributed by atoms with E-state index in [0.717, 1.165) is 42.3 Å². The van der Waals surface area contributed by atoms with E-state index in [1.165, 1.54) is 30.6 Å². The van der Waals surface area contributed by atoms with Crippen LogP contribution in [0.1, 0.15) is 49.4 Å². The van der Waals surface area contributed by atoms with Crippen molar-refractivity contribution in [1.82, 2.24) is 15.6 Å². The number of hydrogen-bond donors (Lipinski definition) is 2. The molecule has 21 heavy (non-hydrogen) atoms. The topological polar surface area (TPSA) is 49.3 Å². The number of thiazole rings is 1. The van der Waals surface area contributed by atoms with Crippen molar-refractivity contribution in [1.29, 1.82) is 0 Å². The Kier molecular flexibility index (Phi) is 6.49. The summed E-state index contributed by atoms with van der Waals surface area (Å²) in [5.41, 5.74) is 0. The van der Waals surface area contributed by atoms with E-state index in [4.69, 9.17) is 0 Å². The van der Waals surface area contributed by atoms with E-state index in [1.54, 1.807) is 11.3 Å². The van der Waals surface area contributed by atoms with Crippen LogP contribution in [0.4, 0.5) is 0 Å². The molecule has 1 aliphatic carbocycles. The first-order valence-corrected chi connectivity index (χ1v) is 8.92. The van der Waals surface area contributed by atoms with Crippen LogP contribution in [0.15, 0.2) is 11.2 Å². The minimum atomic E-state index is 0.755. The smallest absolute Gasteiger partial charge is 0.191 e. The SMILES string of the molecule is CCc1cnc(CNC(=NC)NCC2CCCCC2C)s1. The highest BCUT2D eigenvalue weighted by molar-refractivity contribution is 7.11. The molecule has 0 radical (unpaired) electrons. The molecule has 0 aromatic carbocycles. The van der Waals surface area contributed by atoms with Crippen molar-refractivity contribution in [3.8, 4) is 0 Å². The molecule has 5 heteroatoms. The van der Waals surface area contributed by atoms with Gasteiger partial charge in [0, 0.05) is 24.7 Å². The standard InChI is InChI=1S/C16H28N4S/c1-4-14-10-18-15(21-14)11-20-16(17-3)19-9-13-8-6-5-7-12(13)2/h10,12-13H,4-9,11H2,1-3H3,(H2,17,19,20). The van der Waals surface area contributed by atoms with E-state index in [0.29, 0.717) is 0 Å². The van der Waals surface area contributed by atoms with Gasteiger partial charge in [-0.25, -0.2) is 4.98 Å². The summed E-state index contributed by atoms with van der Waals surface area (Å²) in [5, 5.41) is 7.97. The second-order valence-electron chi connectivity index (χ2n) is 5.90. The molecule has 0 amide bonds. The van der Waals surface area contributed by atoms with Gasteiger partial charge < -0.3 is 10.6 Å². The summed E-state index contributed by atoms with van der Waals surface area (Å²) in [6.45, 7) is 6.32. The Bertz CT molecular complexity index is 455. The quantitative estimate of drug-likeness (QED) is 0.649. The molecular weight excluding hydrogens is 280 g/mol. The van der Waals surface area contributed by atoms with E-state index in [9.17, 15) is 0 Å². The monoisotopic (exact) mass is 308 g/mol. The van der Waals surface area contributed by atoms with E-state index in [-0.39, 0.29) is 0 Å². The molecule has 1 heterocycles. The molecular formula is C16H28N4S. The lowest BCUT2D eigenvalue weighted by atomic mass is 9.80. The van der Waals surface area contributed by atoms with Crippen molar-refractivity contribution in [2.24, 2.45) is 16.8 Å². The number of nitrogens with zero attached hydrogens (tertiary/aromatic N) is 2. The van der Waals surface area contributed by atoms with Gasteiger partial charge in [-0.05, 0) is 24.7 Å². The highest BCUT2D eigenvalue weighted by atomic mass is 32.1. The molecule has 4 nitrogen and oxygen atoms in total. The summed E-state index contributed by atoms with van der Waals surface area (Å²) in [7, 11) is 1.83. The maximum absolute atomic E-state index is 4.43. The first kappa shape index (κ1) is 16.3. The van der Waals surface area contributed by atoms with Crippen LogP contribution in [-0.4, -0.2) is 24.5 Å². The third-order valence-electron chi connectivity index (χ3n) is 4.40. The van der Waals surface area contributed by atoms with Gasteiger partial charge in [0.1, 0.15) is 5.01 Å². The molecule has 1 fully saturated rings. The van der Waals surface area contributed by atoms with Gasteiger partial charge in [0.15, 0.2) is 5.96 Å². The Labute approximate surface area is 132 Å². The van der Waals surface area contributed by atoms with Crippen molar-refractivity contribution < 1.29 is 0 Å².